The van der Waals surface area contributed by atoms with Crippen molar-refractivity contribution in [3.8, 4) is 0 Å². The highest BCUT2D eigenvalue weighted by Gasteiger charge is 2.27. The zero-order valence-corrected chi connectivity index (χ0v) is 18.4. The van der Waals surface area contributed by atoms with Crippen molar-refractivity contribution in [3.63, 3.8) is 0 Å². The molecule has 3 aromatic rings. The standard InChI is InChI=1S/C23H23ClN2O3S/c1-17-10-12-22(13-11-17)30(28,29)26(21-9-5-8-20(24)14-21)16-23(27)25-15-19-7-4-3-6-18(19)2/h3-14H,15-16H2,1-2H3,(H,25,27). The molecule has 0 fully saturated rings. The molecule has 0 heterocycles. The molecule has 1 amide bonds. The highest BCUT2D eigenvalue weighted by atomic mass is 35.5. The molecule has 0 aliphatic carbocycles. The van der Waals surface area contributed by atoms with Crippen molar-refractivity contribution in [2.24, 2.45) is 0 Å². The number of rotatable bonds is 7. The summed E-state index contributed by atoms with van der Waals surface area (Å²) in [7, 11) is -3.96. The zero-order chi connectivity index (χ0) is 21.7. The minimum Gasteiger partial charge on any atom is -0.350 e. The Balaban J connectivity index is 1.87. The Morgan fingerprint density at radius 1 is 0.967 bits per heavy atom. The fraction of sp³-hybridized carbons (Fsp3) is 0.174. The van der Waals surface area contributed by atoms with E-state index in [-0.39, 0.29) is 11.4 Å². The Hall–Kier alpha value is -2.83. The maximum absolute atomic E-state index is 13.3. The third kappa shape index (κ3) is 5.20. The third-order valence-corrected chi connectivity index (χ3v) is 6.75. The topological polar surface area (TPSA) is 66.5 Å². The maximum Gasteiger partial charge on any atom is 0.264 e. The van der Waals surface area contributed by atoms with Gasteiger partial charge in [0.05, 0.1) is 10.6 Å². The van der Waals surface area contributed by atoms with Crippen LogP contribution in [0, 0.1) is 13.8 Å². The van der Waals surface area contributed by atoms with Gasteiger partial charge in [-0.2, -0.15) is 0 Å². The van der Waals surface area contributed by atoms with E-state index in [4.69, 9.17) is 11.6 Å². The fourth-order valence-electron chi connectivity index (χ4n) is 2.97. The molecule has 0 aliphatic rings. The van der Waals surface area contributed by atoms with Crippen molar-refractivity contribution in [2.75, 3.05) is 10.8 Å². The van der Waals surface area contributed by atoms with Gasteiger partial charge in [0.2, 0.25) is 5.91 Å². The van der Waals surface area contributed by atoms with E-state index in [9.17, 15) is 13.2 Å². The van der Waals surface area contributed by atoms with E-state index in [0.717, 1.165) is 21.0 Å². The van der Waals surface area contributed by atoms with Crippen molar-refractivity contribution in [1.29, 1.82) is 0 Å². The molecular weight excluding hydrogens is 420 g/mol. The first-order valence-electron chi connectivity index (χ1n) is 9.43. The van der Waals surface area contributed by atoms with Crippen LogP contribution in [-0.4, -0.2) is 20.9 Å². The highest BCUT2D eigenvalue weighted by Crippen LogP contribution is 2.26. The van der Waals surface area contributed by atoms with Gasteiger partial charge < -0.3 is 5.32 Å². The van der Waals surface area contributed by atoms with Crippen LogP contribution in [0.1, 0.15) is 16.7 Å². The summed E-state index contributed by atoms with van der Waals surface area (Å²) in [4.78, 5) is 12.8. The summed E-state index contributed by atoms with van der Waals surface area (Å²) in [5, 5.41) is 3.20. The molecule has 0 radical (unpaired) electrons. The molecule has 0 unspecified atom stereocenters. The van der Waals surface area contributed by atoms with Gasteiger partial charge in [-0.05, 0) is 55.3 Å². The second kappa shape index (κ2) is 9.32. The summed E-state index contributed by atoms with van der Waals surface area (Å²) in [5.41, 5.74) is 3.30. The summed E-state index contributed by atoms with van der Waals surface area (Å²) in [6, 6.07) is 20.7. The van der Waals surface area contributed by atoms with E-state index in [2.05, 4.69) is 5.32 Å². The normalized spacial score (nSPS) is 11.2. The number of aryl methyl sites for hydroxylation is 2. The fourth-order valence-corrected chi connectivity index (χ4v) is 4.57. The summed E-state index contributed by atoms with van der Waals surface area (Å²) in [6.07, 6.45) is 0. The summed E-state index contributed by atoms with van der Waals surface area (Å²) in [6.45, 7) is 3.80. The summed E-state index contributed by atoms with van der Waals surface area (Å²) in [5.74, 6) is -0.408. The van der Waals surface area contributed by atoms with E-state index in [1.165, 1.54) is 18.2 Å². The predicted octanol–water partition coefficient (Wildman–Crippen LogP) is 4.47. The van der Waals surface area contributed by atoms with E-state index < -0.39 is 15.9 Å². The maximum atomic E-state index is 13.3. The van der Waals surface area contributed by atoms with Crippen molar-refractivity contribution in [2.45, 2.75) is 25.3 Å². The van der Waals surface area contributed by atoms with Gasteiger partial charge in [-0.25, -0.2) is 8.42 Å². The zero-order valence-electron chi connectivity index (χ0n) is 16.8. The second-order valence-corrected chi connectivity index (χ2v) is 9.31. The van der Waals surface area contributed by atoms with Crippen molar-refractivity contribution in [1.82, 2.24) is 5.32 Å². The molecule has 0 saturated carbocycles. The molecule has 5 nitrogen and oxygen atoms in total. The van der Waals surface area contributed by atoms with Gasteiger partial charge in [-0.1, -0.05) is 59.6 Å². The van der Waals surface area contributed by atoms with Gasteiger partial charge in [0.25, 0.3) is 10.0 Å². The number of amides is 1. The molecular formula is C23H23ClN2O3S. The van der Waals surface area contributed by atoms with Crippen molar-refractivity contribution < 1.29 is 13.2 Å². The van der Waals surface area contributed by atoms with E-state index in [1.54, 1.807) is 30.3 Å². The van der Waals surface area contributed by atoms with Crippen LogP contribution in [0.15, 0.2) is 77.7 Å². The van der Waals surface area contributed by atoms with Gasteiger partial charge in [-0.15, -0.1) is 0 Å². The number of nitrogens with zero attached hydrogens (tertiary/aromatic N) is 1. The molecule has 0 bridgehead atoms. The van der Waals surface area contributed by atoms with Crippen LogP contribution >= 0.6 is 11.6 Å². The Bertz CT molecular complexity index is 1150. The summed E-state index contributed by atoms with van der Waals surface area (Å²) < 4.78 is 27.7. The van der Waals surface area contributed by atoms with Crippen LogP contribution in [0.25, 0.3) is 0 Å². The van der Waals surface area contributed by atoms with Gasteiger partial charge in [0, 0.05) is 11.6 Å². The SMILES string of the molecule is Cc1ccc(S(=O)(=O)N(CC(=O)NCc2ccccc2C)c2cccc(Cl)c2)cc1. The van der Waals surface area contributed by atoms with Gasteiger partial charge >= 0.3 is 0 Å². The number of carbonyl (C=O) groups excluding carboxylic acids is 1. The molecule has 7 heteroatoms. The predicted molar refractivity (Wildman–Crippen MR) is 120 cm³/mol. The van der Waals surface area contributed by atoms with Crippen LogP contribution in [0.5, 0.6) is 0 Å². The van der Waals surface area contributed by atoms with Crippen LogP contribution < -0.4 is 9.62 Å². The average Bonchev–Trinajstić information content (AvgIpc) is 2.71. The van der Waals surface area contributed by atoms with E-state index >= 15 is 0 Å². The molecule has 0 aliphatic heterocycles. The molecule has 156 valence electrons. The van der Waals surface area contributed by atoms with Crippen LogP contribution in [0.2, 0.25) is 5.02 Å². The molecule has 3 aromatic carbocycles. The lowest BCUT2D eigenvalue weighted by Gasteiger charge is -2.24. The monoisotopic (exact) mass is 442 g/mol. The molecule has 3 rings (SSSR count). The Morgan fingerprint density at radius 3 is 2.33 bits per heavy atom. The molecule has 0 spiro atoms. The van der Waals surface area contributed by atoms with Crippen LogP contribution in [0.3, 0.4) is 0 Å². The number of nitrogens with one attached hydrogen (secondary N) is 1. The number of hydrogen-bond donors (Lipinski definition) is 1. The number of anilines is 1. The lowest BCUT2D eigenvalue weighted by Crippen LogP contribution is -2.40. The largest absolute Gasteiger partial charge is 0.350 e. The van der Waals surface area contributed by atoms with E-state index in [0.29, 0.717) is 17.3 Å². The molecule has 30 heavy (non-hydrogen) atoms. The van der Waals surface area contributed by atoms with Crippen LogP contribution in [-0.2, 0) is 21.4 Å². The van der Waals surface area contributed by atoms with Crippen molar-refractivity contribution in [3.05, 3.63) is 94.5 Å². The number of sulfonamides is 1. The number of hydrogen-bond acceptors (Lipinski definition) is 3. The third-order valence-electron chi connectivity index (χ3n) is 4.73. The Labute approximate surface area is 182 Å². The minimum atomic E-state index is -3.96. The minimum absolute atomic E-state index is 0.111. The van der Waals surface area contributed by atoms with E-state index in [1.807, 2.05) is 38.1 Å². The summed E-state index contributed by atoms with van der Waals surface area (Å²) >= 11 is 6.08. The quantitative estimate of drug-likeness (QED) is 0.587. The van der Waals surface area contributed by atoms with Gasteiger partial charge in [0.15, 0.2) is 0 Å². The first kappa shape index (κ1) is 21.9. The number of halogens is 1. The lowest BCUT2D eigenvalue weighted by molar-refractivity contribution is -0.119. The molecule has 0 atom stereocenters. The van der Waals surface area contributed by atoms with Crippen LogP contribution in [0.4, 0.5) is 5.69 Å². The Morgan fingerprint density at radius 2 is 1.67 bits per heavy atom. The average molecular weight is 443 g/mol. The molecule has 1 N–H and O–H groups in total. The van der Waals surface area contributed by atoms with Gasteiger partial charge in [-0.3, -0.25) is 9.10 Å². The second-order valence-electron chi connectivity index (χ2n) is 7.01. The molecule has 0 aromatic heterocycles. The smallest absolute Gasteiger partial charge is 0.264 e. The Kier molecular flexibility index (Phi) is 6.80. The first-order valence-corrected chi connectivity index (χ1v) is 11.3. The number of benzene rings is 3. The van der Waals surface area contributed by atoms with Gasteiger partial charge in [0.1, 0.15) is 6.54 Å². The first-order chi connectivity index (χ1) is 14.3. The lowest BCUT2D eigenvalue weighted by atomic mass is 10.1. The van der Waals surface area contributed by atoms with Crippen molar-refractivity contribution >= 4 is 33.2 Å². The number of carbonyl (C=O) groups is 1. The molecule has 0 saturated heterocycles. The highest BCUT2D eigenvalue weighted by molar-refractivity contribution is 7.92.